The molecular formula is C13H11F3O4. The molecule has 0 radical (unpaired) electrons. The van der Waals surface area contributed by atoms with Crippen molar-refractivity contribution >= 4 is 12.0 Å². The van der Waals surface area contributed by atoms with Crippen LogP contribution in [-0.4, -0.2) is 30.0 Å². The van der Waals surface area contributed by atoms with Crippen LogP contribution in [0.2, 0.25) is 0 Å². The summed E-state index contributed by atoms with van der Waals surface area (Å²) in [6.45, 7) is 1.44. The molecule has 108 valence electrons. The molecule has 0 saturated carbocycles. The fourth-order valence-electron chi connectivity index (χ4n) is 1.81. The second-order valence-corrected chi connectivity index (χ2v) is 4.08. The zero-order valence-electron chi connectivity index (χ0n) is 10.4. The first kappa shape index (κ1) is 14.2. The van der Waals surface area contributed by atoms with Crippen molar-refractivity contribution in [3.05, 3.63) is 29.3 Å². The van der Waals surface area contributed by atoms with Crippen molar-refractivity contribution in [3.8, 4) is 11.5 Å². The molecule has 1 aromatic rings. The third-order valence-corrected chi connectivity index (χ3v) is 2.64. The molecule has 1 N–H and O–H groups in total. The van der Waals surface area contributed by atoms with E-state index in [1.165, 1.54) is 25.1 Å². The van der Waals surface area contributed by atoms with Crippen LogP contribution in [-0.2, 0) is 9.53 Å². The molecule has 2 rings (SSSR count). The van der Waals surface area contributed by atoms with Crippen LogP contribution in [0.1, 0.15) is 12.5 Å². The van der Waals surface area contributed by atoms with Gasteiger partial charge in [-0.05, 0) is 31.2 Å². The number of alkyl halides is 3. The molecule has 20 heavy (non-hydrogen) atoms. The normalized spacial score (nSPS) is 17.8. The van der Waals surface area contributed by atoms with Crippen LogP contribution in [0.5, 0.6) is 11.5 Å². The van der Waals surface area contributed by atoms with E-state index in [1.807, 2.05) is 0 Å². The van der Waals surface area contributed by atoms with Crippen LogP contribution in [0.4, 0.5) is 13.2 Å². The van der Waals surface area contributed by atoms with Crippen LogP contribution < -0.4 is 4.74 Å². The molecule has 1 aromatic carbocycles. The average Bonchev–Trinajstić information content (AvgIpc) is 2.36. The Labute approximate surface area is 112 Å². The first-order valence-corrected chi connectivity index (χ1v) is 5.78. The first-order chi connectivity index (χ1) is 9.32. The summed E-state index contributed by atoms with van der Waals surface area (Å²) in [5.41, 5.74) is -0.453. The maximum atomic E-state index is 12.9. The lowest BCUT2D eigenvalue weighted by Crippen LogP contribution is -2.40. The lowest BCUT2D eigenvalue weighted by atomic mass is 10.0. The third-order valence-electron chi connectivity index (χ3n) is 2.64. The average molecular weight is 288 g/mol. The van der Waals surface area contributed by atoms with E-state index >= 15 is 0 Å². The summed E-state index contributed by atoms with van der Waals surface area (Å²) in [5.74, 6) is -1.29. The van der Waals surface area contributed by atoms with E-state index in [0.29, 0.717) is 0 Å². The Morgan fingerprint density at radius 2 is 2.15 bits per heavy atom. The van der Waals surface area contributed by atoms with Gasteiger partial charge in [0.1, 0.15) is 11.5 Å². The Bertz CT molecular complexity index is 563. The van der Waals surface area contributed by atoms with E-state index in [9.17, 15) is 23.1 Å². The van der Waals surface area contributed by atoms with Crippen molar-refractivity contribution < 1.29 is 32.5 Å². The number of aromatic hydroxyl groups is 1. The number of benzene rings is 1. The van der Waals surface area contributed by atoms with E-state index < -0.39 is 23.8 Å². The van der Waals surface area contributed by atoms with Gasteiger partial charge in [-0.25, -0.2) is 4.79 Å². The highest BCUT2D eigenvalue weighted by molar-refractivity contribution is 5.96. The molecular weight excluding hydrogens is 277 g/mol. The smallest absolute Gasteiger partial charge is 0.430 e. The van der Waals surface area contributed by atoms with Crippen molar-refractivity contribution in [2.45, 2.75) is 19.2 Å². The molecule has 0 saturated heterocycles. The van der Waals surface area contributed by atoms with Gasteiger partial charge in [0.25, 0.3) is 0 Å². The van der Waals surface area contributed by atoms with Gasteiger partial charge in [0.2, 0.25) is 6.10 Å². The van der Waals surface area contributed by atoms with Gasteiger partial charge in [-0.15, -0.1) is 0 Å². The van der Waals surface area contributed by atoms with Gasteiger partial charge in [-0.3, -0.25) is 0 Å². The molecule has 0 amide bonds. The van der Waals surface area contributed by atoms with Crippen molar-refractivity contribution in [1.29, 1.82) is 0 Å². The third kappa shape index (κ3) is 2.71. The number of fused-ring (bicyclic) bond motifs is 1. The summed E-state index contributed by atoms with van der Waals surface area (Å²) in [7, 11) is 0. The van der Waals surface area contributed by atoms with Gasteiger partial charge in [-0.2, -0.15) is 13.2 Å². The number of halogens is 3. The monoisotopic (exact) mass is 288 g/mol. The standard InChI is InChI=1S/C13H11F3O4/c1-2-19-12(18)9-6-7-5-8(17)3-4-10(7)20-11(9)13(14,15)16/h3-6,11,17H,2H2,1H3. The highest BCUT2D eigenvalue weighted by Gasteiger charge is 2.48. The van der Waals surface area contributed by atoms with Crippen LogP contribution in [0.15, 0.2) is 23.8 Å². The Kier molecular flexibility index (Phi) is 3.61. The molecule has 0 aromatic heterocycles. The lowest BCUT2D eigenvalue weighted by molar-refractivity contribution is -0.187. The zero-order valence-corrected chi connectivity index (χ0v) is 10.4. The van der Waals surface area contributed by atoms with Crippen LogP contribution >= 0.6 is 0 Å². The number of carbonyl (C=O) groups excluding carboxylic acids is 1. The summed E-state index contributed by atoms with van der Waals surface area (Å²) in [4.78, 5) is 11.6. The molecule has 0 spiro atoms. The quantitative estimate of drug-likeness (QED) is 0.850. The predicted octanol–water partition coefficient (Wildman–Crippen LogP) is 2.66. The Hall–Kier alpha value is -2.18. The summed E-state index contributed by atoms with van der Waals surface area (Å²) >= 11 is 0. The van der Waals surface area contributed by atoms with Crippen molar-refractivity contribution in [1.82, 2.24) is 0 Å². The number of esters is 1. The molecule has 4 nitrogen and oxygen atoms in total. The minimum atomic E-state index is -4.74. The van der Waals surface area contributed by atoms with Gasteiger partial charge >= 0.3 is 12.1 Å². The number of carbonyl (C=O) groups is 1. The molecule has 1 unspecified atom stereocenters. The summed E-state index contributed by atoms with van der Waals surface area (Å²) < 4.78 is 48.3. The maximum absolute atomic E-state index is 12.9. The number of rotatable bonds is 2. The lowest BCUT2D eigenvalue weighted by Gasteiger charge is -2.27. The minimum absolute atomic E-state index is 0.0480. The van der Waals surface area contributed by atoms with E-state index in [2.05, 4.69) is 4.74 Å². The molecule has 1 aliphatic heterocycles. The van der Waals surface area contributed by atoms with Crippen LogP contribution in [0.3, 0.4) is 0 Å². The van der Waals surface area contributed by atoms with E-state index in [1.54, 1.807) is 0 Å². The zero-order chi connectivity index (χ0) is 14.9. The van der Waals surface area contributed by atoms with Crippen LogP contribution in [0, 0.1) is 0 Å². The molecule has 0 bridgehead atoms. The van der Waals surface area contributed by atoms with Crippen molar-refractivity contribution in [3.63, 3.8) is 0 Å². The molecule has 0 aliphatic carbocycles. The minimum Gasteiger partial charge on any atom is -0.508 e. The van der Waals surface area contributed by atoms with Gasteiger partial charge in [-0.1, -0.05) is 0 Å². The molecule has 1 aliphatic rings. The molecule has 7 heteroatoms. The van der Waals surface area contributed by atoms with Crippen molar-refractivity contribution in [2.24, 2.45) is 0 Å². The second-order valence-electron chi connectivity index (χ2n) is 4.08. The second kappa shape index (κ2) is 5.07. The topological polar surface area (TPSA) is 55.8 Å². The summed E-state index contributed by atoms with van der Waals surface area (Å²) in [6, 6.07) is 3.62. The van der Waals surface area contributed by atoms with Gasteiger partial charge in [0.15, 0.2) is 0 Å². The number of ether oxygens (including phenoxy) is 2. The SMILES string of the molecule is CCOC(=O)C1=Cc2cc(O)ccc2OC1C(F)(F)F. The largest absolute Gasteiger partial charge is 0.508 e. The van der Waals surface area contributed by atoms with Gasteiger partial charge in [0.05, 0.1) is 12.2 Å². The highest BCUT2D eigenvalue weighted by atomic mass is 19.4. The molecule has 1 atom stereocenters. The molecule has 1 heterocycles. The fourth-order valence-corrected chi connectivity index (χ4v) is 1.81. The Balaban J connectivity index is 2.48. The van der Waals surface area contributed by atoms with Crippen molar-refractivity contribution in [2.75, 3.05) is 6.61 Å². The van der Waals surface area contributed by atoms with E-state index in [-0.39, 0.29) is 23.7 Å². The Morgan fingerprint density at radius 1 is 1.45 bits per heavy atom. The fraction of sp³-hybridized carbons (Fsp3) is 0.308. The van der Waals surface area contributed by atoms with E-state index in [4.69, 9.17) is 4.74 Å². The van der Waals surface area contributed by atoms with Gasteiger partial charge < -0.3 is 14.6 Å². The summed E-state index contributed by atoms with van der Waals surface area (Å²) in [6.07, 6.45) is -6.10. The predicted molar refractivity (Wildman–Crippen MR) is 63.2 cm³/mol. The number of phenols is 1. The van der Waals surface area contributed by atoms with Gasteiger partial charge in [0, 0.05) is 5.56 Å². The van der Waals surface area contributed by atoms with E-state index in [0.717, 1.165) is 6.08 Å². The first-order valence-electron chi connectivity index (χ1n) is 5.78. The highest BCUT2D eigenvalue weighted by Crippen LogP contribution is 2.38. The number of phenolic OH excluding ortho intramolecular Hbond substituents is 1. The Morgan fingerprint density at radius 3 is 2.75 bits per heavy atom. The molecule has 0 fully saturated rings. The number of hydrogen-bond acceptors (Lipinski definition) is 4. The summed E-state index contributed by atoms with van der Waals surface area (Å²) in [5, 5.41) is 9.32. The van der Waals surface area contributed by atoms with Crippen LogP contribution in [0.25, 0.3) is 6.08 Å². The maximum Gasteiger partial charge on any atom is 0.430 e. The number of hydrogen-bond donors (Lipinski definition) is 1.